The molecule has 3 aromatic rings. The van der Waals surface area contributed by atoms with Crippen LogP contribution in [0.4, 0.5) is 17.5 Å². The molecule has 0 radical (unpaired) electrons. The topological polar surface area (TPSA) is 125 Å². The molecular formula is C14H16N8O2. The lowest BCUT2D eigenvalue weighted by atomic mass is 10.4. The first-order chi connectivity index (χ1) is 11.7. The zero-order valence-electron chi connectivity index (χ0n) is 13.1. The average Bonchev–Trinajstić information content (AvgIpc) is 3.16. The van der Waals surface area contributed by atoms with E-state index in [0.717, 1.165) is 0 Å². The van der Waals surface area contributed by atoms with Gasteiger partial charge in [0.2, 0.25) is 17.7 Å². The second kappa shape index (κ2) is 6.79. The van der Waals surface area contributed by atoms with Crippen molar-refractivity contribution in [3.8, 4) is 17.6 Å². The van der Waals surface area contributed by atoms with Crippen LogP contribution in [0.2, 0.25) is 0 Å². The van der Waals surface area contributed by atoms with E-state index in [2.05, 4.69) is 30.7 Å². The van der Waals surface area contributed by atoms with Crippen molar-refractivity contribution in [3.05, 3.63) is 36.9 Å². The maximum Gasteiger partial charge on any atom is 0.240 e. The molecule has 0 aliphatic carbocycles. The number of methoxy groups -OCH3 is 2. The number of imidazole rings is 1. The van der Waals surface area contributed by atoms with Gasteiger partial charge in [0.05, 0.1) is 14.2 Å². The van der Waals surface area contributed by atoms with Crippen molar-refractivity contribution in [1.82, 2.24) is 24.5 Å². The molecule has 3 aromatic heterocycles. The van der Waals surface area contributed by atoms with Gasteiger partial charge in [0.15, 0.2) is 0 Å². The molecule has 0 unspecified atom stereocenters. The summed E-state index contributed by atoms with van der Waals surface area (Å²) in [6, 6.07) is 5.15. The number of nitrogen functional groups attached to an aromatic ring is 1. The van der Waals surface area contributed by atoms with Crippen molar-refractivity contribution in [2.45, 2.75) is 0 Å². The first-order valence-corrected chi connectivity index (χ1v) is 6.93. The highest BCUT2D eigenvalue weighted by molar-refractivity contribution is 5.62. The quantitative estimate of drug-likeness (QED) is 0.450. The molecule has 10 nitrogen and oxygen atoms in total. The lowest BCUT2D eigenvalue weighted by molar-refractivity contribution is 0.366. The van der Waals surface area contributed by atoms with Gasteiger partial charge in [-0.3, -0.25) is 4.57 Å². The van der Waals surface area contributed by atoms with Crippen LogP contribution in [0.1, 0.15) is 0 Å². The van der Waals surface area contributed by atoms with Gasteiger partial charge >= 0.3 is 0 Å². The third-order valence-corrected chi connectivity index (χ3v) is 3.11. The van der Waals surface area contributed by atoms with Gasteiger partial charge in [-0.15, -0.1) is 0 Å². The van der Waals surface area contributed by atoms with Crippen LogP contribution >= 0.6 is 0 Å². The van der Waals surface area contributed by atoms with Gasteiger partial charge in [-0.2, -0.15) is 15.0 Å². The summed E-state index contributed by atoms with van der Waals surface area (Å²) in [5.41, 5.74) is 3.10. The Hall–Kier alpha value is -3.40. The molecule has 4 N–H and O–H groups in total. The fourth-order valence-corrected chi connectivity index (χ4v) is 2.00. The summed E-state index contributed by atoms with van der Waals surface area (Å²) in [4.78, 5) is 16.9. The van der Waals surface area contributed by atoms with Gasteiger partial charge in [-0.25, -0.2) is 10.8 Å². The minimum absolute atomic E-state index is 0.319. The summed E-state index contributed by atoms with van der Waals surface area (Å²) < 4.78 is 12.1. The summed E-state index contributed by atoms with van der Waals surface area (Å²) in [5, 5.41) is 3.06. The standard InChI is InChI=1S/C14H16N8O2/c1-23-12-4-3-9(13(20-12)24-2)17-14-18-10(21-15)7-11(19-14)22-6-5-16-8-22/h3-8H,15H2,1-2H3,(H2,17,18,19,21). The number of pyridine rings is 1. The van der Waals surface area contributed by atoms with Crippen molar-refractivity contribution in [2.75, 3.05) is 25.0 Å². The second-order valence-corrected chi connectivity index (χ2v) is 4.58. The third kappa shape index (κ3) is 3.17. The van der Waals surface area contributed by atoms with Crippen LogP contribution in [0.25, 0.3) is 5.82 Å². The molecule has 0 saturated heterocycles. The number of hydrogen-bond donors (Lipinski definition) is 3. The number of nitrogens with zero attached hydrogens (tertiary/aromatic N) is 5. The van der Waals surface area contributed by atoms with Gasteiger partial charge in [-0.1, -0.05) is 0 Å². The number of ether oxygens (including phenoxy) is 2. The highest BCUT2D eigenvalue weighted by atomic mass is 16.5. The van der Waals surface area contributed by atoms with E-state index in [1.165, 1.54) is 14.2 Å². The second-order valence-electron chi connectivity index (χ2n) is 4.58. The Morgan fingerprint density at radius 1 is 1.12 bits per heavy atom. The predicted molar refractivity (Wildman–Crippen MR) is 87.6 cm³/mol. The Balaban J connectivity index is 1.96. The Morgan fingerprint density at radius 3 is 2.67 bits per heavy atom. The molecule has 3 heterocycles. The molecule has 0 aromatic carbocycles. The molecular weight excluding hydrogens is 312 g/mol. The molecule has 0 amide bonds. The zero-order valence-corrected chi connectivity index (χ0v) is 13.1. The Bertz CT molecular complexity index is 822. The number of hydrogen-bond acceptors (Lipinski definition) is 9. The molecule has 0 atom stereocenters. The molecule has 24 heavy (non-hydrogen) atoms. The maximum absolute atomic E-state index is 5.48. The number of anilines is 3. The van der Waals surface area contributed by atoms with Crippen LogP contribution in [0, 0.1) is 0 Å². The molecule has 0 spiro atoms. The average molecular weight is 328 g/mol. The van der Waals surface area contributed by atoms with Crippen molar-refractivity contribution in [2.24, 2.45) is 5.84 Å². The van der Waals surface area contributed by atoms with E-state index >= 15 is 0 Å². The van der Waals surface area contributed by atoms with Gasteiger partial charge in [-0.05, 0) is 6.07 Å². The lowest BCUT2D eigenvalue weighted by Gasteiger charge is -2.12. The van der Waals surface area contributed by atoms with E-state index in [4.69, 9.17) is 15.3 Å². The first kappa shape index (κ1) is 15.5. The summed E-state index contributed by atoms with van der Waals surface area (Å²) in [7, 11) is 3.05. The normalized spacial score (nSPS) is 10.3. The minimum atomic E-state index is 0.319. The van der Waals surface area contributed by atoms with Crippen molar-refractivity contribution < 1.29 is 9.47 Å². The fourth-order valence-electron chi connectivity index (χ4n) is 2.00. The smallest absolute Gasteiger partial charge is 0.240 e. The molecule has 124 valence electrons. The summed E-state index contributed by atoms with van der Waals surface area (Å²) in [5.74, 6) is 7.63. The predicted octanol–water partition coefficient (Wildman–Crippen LogP) is 1.10. The summed E-state index contributed by atoms with van der Waals surface area (Å²) in [6.07, 6.45) is 5.05. The number of aromatic nitrogens is 5. The molecule has 3 rings (SSSR count). The monoisotopic (exact) mass is 328 g/mol. The van der Waals surface area contributed by atoms with E-state index in [-0.39, 0.29) is 0 Å². The van der Waals surface area contributed by atoms with Crippen LogP contribution in [0.15, 0.2) is 36.9 Å². The van der Waals surface area contributed by atoms with E-state index in [0.29, 0.717) is 35.0 Å². The number of rotatable bonds is 6. The van der Waals surface area contributed by atoms with Crippen molar-refractivity contribution >= 4 is 17.5 Å². The summed E-state index contributed by atoms with van der Waals surface area (Å²) in [6.45, 7) is 0. The Labute approximate surface area is 137 Å². The molecule has 0 saturated carbocycles. The van der Waals surface area contributed by atoms with E-state index < -0.39 is 0 Å². The number of nitrogens with two attached hydrogens (primary N) is 1. The van der Waals surface area contributed by atoms with E-state index in [9.17, 15) is 0 Å². The first-order valence-electron chi connectivity index (χ1n) is 6.93. The van der Waals surface area contributed by atoms with Gasteiger partial charge in [0, 0.05) is 24.5 Å². The number of hydrazine groups is 1. The molecule has 0 bridgehead atoms. The highest BCUT2D eigenvalue weighted by Crippen LogP contribution is 2.27. The van der Waals surface area contributed by atoms with Crippen molar-refractivity contribution in [1.29, 1.82) is 0 Å². The van der Waals surface area contributed by atoms with Crippen molar-refractivity contribution in [3.63, 3.8) is 0 Å². The van der Waals surface area contributed by atoms with E-state index in [1.54, 1.807) is 41.5 Å². The minimum Gasteiger partial charge on any atom is -0.481 e. The lowest BCUT2D eigenvalue weighted by Crippen LogP contribution is -2.12. The molecule has 0 fully saturated rings. The van der Waals surface area contributed by atoms with Crippen LogP contribution in [0.5, 0.6) is 11.8 Å². The fraction of sp³-hybridized carbons (Fsp3) is 0.143. The highest BCUT2D eigenvalue weighted by Gasteiger charge is 2.11. The zero-order chi connectivity index (χ0) is 16.9. The molecule has 0 aliphatic rings. The largest absolute Gasteiger partial charge is 0.481 e. The van der Waals surface area contributed by atoms with Crippen LogP contribution in [-0.4, -0.2) is 38.7 Å². The Kier molecular flexibility index (Phi) is 4.38. The maximum atomic E-state index is 5.48. The van der Waals surface area contributed by atoms with Gasteiger partial charge < -0.3 is 20.2 Å². The SMILES string of the molecule is COc1ccc(Nc2nc(NN)cc(-n3ccnc3)n2)c(OC)n1. The summed E-state index contributed by atoms with van der Waals surface area (Å²) >= 11 is 0. The third-order valence-electron chi connectivity index (χ3n) is 3.11. The Morgan fingerprint density at radius 2 is 2.00 bits per heavy atom. The van der Waals surface area contributed by atoms with Crippen LogP contribution in [-0.2, 0) is 0 Å². The molecule has 0 aliphatic heterocycles. The number of nitrogens with one attached hydrogen (secondary N) is 2. The van der Waals surface area contributed by atoms with Gasteiger partial charge in [0.25, 0.3) is 0 Å². The van der Waals surface area contributed by atoms with Crippen LogP contribution in [0.3, 0.4) is 0 Å². The van der Waals surface area contributed by atoms with Crippen LogP contribution < -0.4 is 26.1 Å². The van der Waals surface area contributed by atoms with Gasteiger partial charge in [0.1, 0.15) is 23.7 Å². The molecule has 10 heteroatoms. The van der Waals surface area contributed by atoms with E-state index in [1.807, 2.05) is 0 Å².